The van der Waals surface area contributed by atoms with E-state index in [-0.39, 0.29) is 5.28 Å². The molecule has 3 aromatic rings. The van der Waals surface area contributed by atoms with Crippen LogP contribution in [0.3, 0.4) is 0 Å². The maximum atomic E-state index is 5.81. The molecule has 0 aliphatic heterocycles. The highest BCUT2D eigenvalue weighted by Gasteiger charge is 2.05. The number of rotatable bonds is 1. The number of aromatic nitrogens is 3. The summed E-state index contributed by atoms with van der Waals surface area (Å²) >= 11 is 5.81. The van der Waals surface area contributed by atoms with E-state index in [0.717, 1.165) is 16.7 Å². The summed E-state index contributed by atoms with van der Waals surface area (Å²) in [5, 5.41) is 1.18. The molecule has 0 saturated carbocycles. The predicted octanol–water partition coefficient (Wildman–Crippen LogP) is 2.66. The second-order valence-electron chi connectivity index (χ2n) is 3.70. The summed E-state index contributed by atoms with van der Waals surface area (Å²) in [5.41, 5.74) is 8.21. The fraction of sp³-hybridized carbons (Fsp3) is 0. The lowest BCUT2D eigenvalue weighted by atomic mass is 10.3. The van der Waals surface area contributed by atoms with Crippen molar-refractivity contribution in [3.05, 3.63) is 48.0 Å². The quantitative estimate of drug-likeness (QED) is 0.529. The van der Waals surface area contributed by atoms with Crippen LogP contribution in [0.25, 0.3) is 16.7 Å². The summed E-state index contributed by atoms with van der Waals surface area (Å²) in [6.45, 7) is 0. The molecule has 2 heterocycles. The van der Waals surface area contributed by atoms with Crippen LogP contribution in [0.5, 0.6) is 0 Å². The molecule has 0 atom stereocenters. The van der Waals surface area contributed by atoms with Gasteiger partial charge in [0.25, 0.3) is 0 Å². The smallest absolute Gasteiger partial charge is 0.224 e. The van der Waals surface area contributed by atoms with E-state index in [1.54, 1.807) is 6.20 Å². The predicted molar refractivity (Wildman–Crippen MR) is 68.3 cm³/mol. The summed E-state index contributed by atoms with van der Waals surface area (Å²) < 4.78 is 1.93. The highest BCUT2D eigenvalue weighted by molar-refractivity contribution is 6.28. The minimum absolute atomic E-state index is 0.237. The van der Waals surface area contributed by atoms with Crippen molar-refractivity contribution in [2.45, 2.75) is 0 Å². The molecule has 0 fully saturated rings. The standard InChI is InChI=1S/C12H9ClN4/c13-12-15-7-8-4-5-17(11(8)16-12)10-3-1-2-9(14)6-10/h1-7H,14H2. The molecule has 0 spiro atoms. The molecule has 84 valence electrons. The second kappa shape index (κ2) is 3.75. The monoisotopic (exact) mass is 244 g/mol. The van der Waals surface area contributed by atoms with Gasteiger partial charge in [-0.2, -0.15) is 4.98 Å². The molecule has 2 aromatic heterocycles. The van der Waals surface area contributed by atoms with Crippen molar-refractivity contribution < 1.29 is 0 Å². The molecule has 0 amide bonds. The maximum absolute atomic E-state index is 5.81. The number of benzene rings is 1. The Balaban J connectivity index is 2.27. The Morgan fingerprint density at radius 3 is 2.94 bits per heavy atom. The van der Waals surface area contributed by atoms with Crippen molar-refractivity contribution in [2.24, 2.45) is 0 Å². The minimum atomic E-state index is 0.237. The van der Waals surface area contributed by atoms with E-state index in [0.29, 0.717) is 5.69 Å². The molecular formula is C12H9ClN4. The topological polar surface area (TPSA) is 56.7 Å². The van der Waals surface area contributed by atoms with E-state index in [1.165, 1.54) is 0 Å². The highest BCUT2D eigenvalue weighted by Crippen LogP contribution is 2.20. The van der Waals surface area contributed by atoms with Crippen molar-refractivity contribution >= 4 is 28.3 Å². The highest BCUT2D eigenvalue weighted by atomic mass is 35.5. The summed E-state index contributed by atoms with van der Waals surface area (Å²) in [6.07, 6.45) is 3.62. The lowest BCUT2D eigenvalue weighted by Crippen LogP contribution is -1.96. The molecule has 0 unspecified atom stereocenters. The summed E-state index contributed by atoms with van der Waals surface area (Å²) in [7, 11) is 0. The number of nitrogens with two attached hydrogens (primary N) is 1. The van der Waals surface area contributed by atoms with Gasteiger partial charge in [0.1, 0.15) is 5.65 Å². The van der Waals surface area contributed by atoms with E-state index in [1.807, 2.05) is 41.1 Å². The van der Waals surface area contributed by atoms with Gasteiger partial charge in [0, 0.05) is 29.2 Å². The third kappa shape index (κ3) is 1.72. The molecule has 0 aliphatic carbocycles. The largest absolute Gasteiger partial charge is 0.399 e. The van der Waals surface area contributed by atoms with Gasteiger partial charge >= 0.3 is 0 Å². The fourth-order valence-corrected chi connectivity index (χ4v) is 1.91. The van der Waals surface area contributed by atoms with Gasteiger partial charge in [0.2, 0.25) is 5.28 Å². The van der Waals surface area contributed by atoms with E-state index in [2.05, 4.69) is 9.97 Å². The van der Waals surface area contributed by atoms with Crippen LogP contribution in [-0.2, 0) is 0 Å². The van der Waals surface area contributed by atoms with Crippen LogP contribution in [0.2, 0.25) is 5.28 Å². The summed E-state index contributed by atoms with van der Waals surface area (Å²) in [4.78, 5) is 8.17. The van der Waals surface area contributed by atoms with Crippen LogP contribution < -0.4 is 5.73 Å². The first-order valence-corrected chi connectivity index (χ1v) is 5.47. The van der Waals surface area contributed by atoms with Gasteiger partial charge in [-0.05, 0) is 35.9 Å². The lowest BCUT2D eigenvalue weighted by Gasteiger charge is -2.05. The van der Waals surface area contributed by atoms with Gasteiger partial charge in [0.15, 0.2) is 0 Å². The number of hydrogen-bond donors (Lipinski definition) is 1. The first-order valence-electron chi connectivity index (χ1n) is 5.09. The number of fused-ring (bicyclic) bond motifs is 1. The van der Waals surface area contributed by atoms with E-state index < -0.39 is 0 Å². The molecule has 0 bridgehead atoms. The van der Waals surface area contributed by atoms with Crippen LogP contribution in [0.4, 0.5) is 5.69 Å². The third-order valence-electron chi connectivity index (χ3n) is 2.55. The number of nitrogens with zero attached hydrogens (tertiary/aromatic N) is 3. The van der Waals surface area contributed by atoms with Crippen molar-refractivity contribution in [2.75, 3.05) is 5.73 Å². The first-order chi connectivity index (χ1) is 8.24. The van der Waals surface area contributed by atoms with E-state index in [9.17, 15) is 0 Å². The number of halogens is 1. The second-order valence-corrected chi connectivity index (χ2v) is 4.04. The van der Waals surface area contributed by atoms with E-state index in [4.69, 9.17) is 17.3 Å². The zero-order valence-corrected chi connectivity index (χ0v) is 9.59. The van der Waals surface area contributed by atoms with Crippen LogP contribution in [0.1, 0.15) is 0 Å². The van der Waals surface area contributed by atoms with Crippen molar-refractivity contribution in [1.29, 1.82) is 0 Å². The van der Waals surface area contributed by atoms with Gasteiger partial charge in [-0.1, -0.05) is 6.07 Å². The molecule has 17 heavy (non-hydrogen) atoms. The van der Waals surface area contributed by atoms with Gasteiger partial charge in [-0.15, -0.1) is 0 Å². The van der Waals surface area contributed by atoms with Crippen molar-refractivity contribution in [1.82, 2.24) is 14.5 Å². The third-order valence-corrected chi connectivity index (χ3v) is 2.73. The van der Waals surface area contributed by atoms with Crippen molar-refractivity contribution in [3.8, 4) is 5.69 Å². The molecule has 4 nitrogen and oxygen atoms in total. The fourth-order valence-electron chi connectivity index (χ4n) is 1.78. The van der Waals surface area contributed by atoms with E-state index >= 15 is 0 Å². The zero-order chi connectivity index (χ0) is 11.8. The van der Waals surface area contributed by atoms with Crippen molar-refractivity contribution in [3.63, 3.8) is 0 Å². The van der Waals surface area contributed by atoms with Crippen LogP contribution in [-0.4, -0.2) is 14.5 Å². The molecule has 0 saturated heterocycles. The maximum Gasteiger partial charge on any atom is 0.224 e. The van der Waals surface area contributed by atoms with Gasteiger partial charge in [-0.3, -0.25) is 0 Å². The molecule has 0 radical (unpaired) electrons. The Morgan fingerprint density at radius 2 is 2.12 bits per heavy atom. The van der Waals surface area contributed by atoms with Crippen LogP contribution in [0, 0.1) is 0 Å². The Hall–Kier alpha value is -2.07. The van der Waals surface area contributed by atoms with Crippen LogP contribution in [0.15, 0.2) is 42.7 Å². The SMILES string of the molecule is Nc1cccc(-n2ccc3cnc(Cl)nc32)c1. The zero-order valence-electron chi connectivity index (χ0n) is 8.84. The minimum Gasteiger partial charge on any atom is -0.399 e. The van der Waals surface area contributed by atoms with Crippen LogP contribution >= 0.6 is 11.6 Å². The Kier molecular flexibility index (Phi) is 2.23. The Bertz CT molecular complexity index is 690. The number of hydrogen-bond acceptors (Lipinski definition) is 3. The average Bonchev–Trinajstić information content (AvgIpc) is 2.71. The number of nitrogen functional groups attached to an aromatic ring is 1. The molecule has 0 aliphatic rings. The lowest BCUT2D eigenvalue weighted by molar-refractivity contribution is 1.08. The Morgan fingerprint density at radius 1 is 1.24 bits per heavy atom. The average molecular weight is 245 g/mol. The molecular weight excluding hydrogens is 236 g/mol. The van der Waals surface area contributed by atoms with Gasteiger partial charge in [0.05, 0.1) is 0 Å². The summed E-state index contributed by atoms with van der Waals surface area (Å²) in [5.74, 6) is 0. The molecule has 3 rings (SSSR count). The Labute approximate surface area is 103 Å². The molecule has 5 heteroatoms. The number of anilines is 1. The summed E-state index contributed by atoms with van der Waals surface area (Å²) in [6, 6.07) is 9.53. The normalized spacial score (nSPS) is 10.9. The van der Waals surface area contributed by atoms with Gasteiger partial charge < -0.3 is 10.3 Å². The molecule has 2 N–H and O–H groups in total. The first kappa shape index (κ1) is 10.1. The molecule has 1 aromatic carbocycles. The van der Waals surface area contributed by atoms with Gasteiger partial charge in [-0.25, -0.2) is 4.98 Å².